The Balaban J connectivity index is 1.53. The second kappa shape index (κ2) is 10.6. The summed E-state index contributed by atoms with van der Waals surface area (Å²) in [5, 5.41) is 8.67. The van der Waals surface area contributed by atoms with Gasteiger partial charge in [-0.05, 0) is 64.4 Å². The van der Waals surface area contributed by atoms with Crippen molar-refractivity contribution in [3.63, 3.8) is 0 Å². The van der Waals surface area contributed by atoms with Crippen LogP contribution >= 0.6 is 0 Å². The highest BCUT2D eigenvalue weighted by Gasteiger charge is 2.34. The standard InChI is InChI=1S/C32H41N7O3/c1-7-21(15-16-32(2,3)35-29(40)20-13-14-20)39-27-23(38(5)31(39)41)17-33-28-25(27)24(19-11-9-8-10-12-19)26(34-28)22-18-37(4)36-30(22)42-6/h9,11-12,17-18,20-21H,7-8,10,13-16H2,1-6H3,(H,33,34)(H,35,40). The molecule has 4 heterocycles. The number of methoxy groups -OCH3 is 1. The zero-order valence-electron chi connectivity index (χ0n) is 25.5. The first kappa shape index (κ1) is 28.1. The predicted octanol–water partition coefficient (Wildman–Crippen LogP) is 5.39. The maximum atomic E-state index is 14.0. The van der Waals surface area contributed by atoms with Crippen LogP contribution < -0.4 is 15.7 Å². The van der Waals surface area contributed by atoms with Crippen molar-refractivity contribution in [1.29, 1.82) is 0 Å². The van der Waals surface area contributed by atoms with Crippen molar-refractivity contribution in [3.05, 3.63) is 46.7 Å². The fraction of sp³-hybridized carbons (Fsp3) is 0.500. The molecule has 0 aromatic carbocycles. The van der Waals surface area contributed by atoms with Crippen molar-refractivity contribution in [1.82, 2.24) is 34.2 Å². The SMILES string of the molecule is CCC(CCC(C)(C)NC(=O)C1CC1)n1c(=O)n(C)c2cnc3[nH]c(-c4cn(C)nc4OC)c(C4=CCCC=C4)c3c21. The number of aromatic nitrogens is 6. The summed E-state index contributed by atoms with van der Waals surface area (Å²) in [6.07, 6.45) is 16.5. The normalized spacial score (nSPS) is 16.3. The Hall–Kier alpha value is -4.08. The van der Waals surface area contributed by atoms with Crippen molar-refractivity contribution in [2.45, 2.75) is 77.3 Å². The number of allylic oxidation sites excluding steroid dienone is 4. The van der Waals surface area contributed by atoms with Crippen LogP contribution in [0.1, 0.15) is 77.3 Å². The van der Waals surface area contributed by atoms with E-state index in [9.17, 15) is 9.59 Å². The maximum absolute atomic E-state index is 14.0. The number of amides is 1. The highest BCUT2D eigenvalue weighted by atomic mass is 16.5. The van der Waals surface area contributed by atoms with Crippen LogP contribution in [0, 0.1) is 5.92 Å². The molecule has 4 aromatic rings. The lowest BCUT2D eigenvalue weighted by Gasteiger charge is -2.29. The Morgan fingerprint density at radius 3 is 2.71 bits per heavy atom. The van der Waals surface area contributed by atoms with Gasteiger partial charge in [-0.2, -0.15) is 0 Å². The fourth-order valence-corrected chi connectivity index (χ4v) is 6.28. The second-order valence-corrected chi connectivity index (χ2v) is 12.4. The molecule has 0 radical (unpaired) electrons. The van der Waals surface area contributed by atoms with Crippen molar-refractivity contribution in [2.75, 3.05) is 7.11 Å². The van der Waals surface area contributed by atoms with Crippen LogP contribution in [0.3, 0.4) is 0 Å². The molecular formula is C32H41N7O3. The molecule has 1 saturated carbocycles. The van der Waals surface area contributed by atoms with E-state index in [1.54, 1.807) is 22.6 Å². The van der Waals surface area contributed by atoms with E-state index < -0.39 is 0 Å². The smallest absolute Gasteiger partial charge is 0.329 e. The highest BCUT2D eigenvalue weighted by molar-refractivity contribution is 6.12. The largest absolute Gasteiger partial charge is 0.479 e. The van der Waals surface area contributed by atoms with Gasteiger partial charge in [0.2, 0.25) is 11.8 Å². The minimum atomic E-state index is -0.362. The second-order valence-electron chi connectivity index (χ2n) is 12.4. The minimum Gasteiger partial charge on any atom is -0.479 e. The first-order valence-electron chi connectivity index (χ1n) is 15.0. The van der Waals surface area contributed by atoms with E-state index in [2.05, 4.69) is 54.4 Å². The van der Waals surface area contributed by atoms with Gasteiger partial charge >= 0.3 is 5.69 Å². The van der Waals surface area contributed by atoms with Gasteiger partial charge in [-0.15, -0.1) is 5.10 Å². The first-order valence-corrected chi connectivity index (χ1v) is 15.0. The van der Waals surface area contributed by atoms with E-state index in [-0.39, 0.29) is 29.1 Å². The molecular weight excluding hydrogens is 530 g/mol. The highest BCUT2D eigenvalue weighted by Crippen LogP contribution is 2.42. The minimum absolute atomic E-state index is 0.0566. The maximum Gasteiger partial charge on any atom is 0.329 e. The van der Waals surface area contributed by atoms with Gasteiger partial charge in [-0.25, -0.2) is 9.78 Å². The van der Waals surface area contributed by atoms with Crippen LogP contribution in [0.25, 0.3) is 38.9 Å². The Labute approximate surface area is 245 Å². The molecule has 0 bridgehead atoms. The molecule has 42 heavy (non-hydrogen) atoms. The molecule has 1 amide bonds. The monoisotopic (exact) mass is 571 g/mol. The van der Waals surface area contributed by atoms with E-state index >= 15 is 0 Å². The summed E-state index contributed by atoms with van der Waals surface area (Å²) in [6, 6.07) is -0.0566. The summed E-state index contributed by atoms with van der Waals surface area (Å²) in [5.41, 5.74) is 5.74. The zero-order valence-corrected chi connectivity index (χ0v) is 25.5. The number of hydrogen-bond donors (Lipinski definition) is 2. The molecule has 1 fully saturated rings. The number of nitrogens with zero attached hydrogens (tertiary/aromatic N) is 5. The summed E-state index contributed by atoms with van der Waals surface area (Å²) >= 11 is 0. The molecule has 0 aliphatic heterocycles. The van der Waals surface area contributed by atoms with Gasteiger partial charge in [-0.3, -0.25) is 18.6 Å². The molecule has 10 heteroatoms. The number of ether oxygens (including phenoxy) is 1. The number of nitrogens with one attached hydrogen (secondary N) is 2. The predicted molar refractivity (Wildman–Crippen MR) is 165 cm³/mol. The topological polar surface area (TPSA) is 112 Å². The lowest BCUT2D eigenvalue weighted by molar-refractivity contribution is -0.124. The summed E-state index contributed by atoms with van der Waals surface area (Å²) < 4.78 is 11.1. The molecule has 4 aromatic heterocycles. The Morgan fingerprint density at radius 2 is 2.05 bits per heavy atom. The molecule has 1 unspecified atom stereocenters. The molecule has 1 atom stereocenters. The van der Waals surface area contributed by atoms with E-state index in [0.29, 0.717) is 11.5 Å². The summed E-state index contributed by atoms with van der Waals surface area (Å²) in [4.78, 5) is 34.9. The average Bonchev–Trinajstić information content (AvgIpc) is 3.59. The molecule has 0 saturated heterocycles. The van der Waals surface area contributed by atoms with Crippen molar-refractivity contribution >= 4 is 33.5 Å². The number of hydrogen-bond acceptors (Lipinski definition) is 5. The van der Waals surface area contributed by atoms with Crippen LogP contribution in [-0.4, -0.2) is 47.4 Å². The van der Waals surface area contributed by atoms with Crippen LogP contribution in [0.5, 0.6) is 5.88 Å². The Morgan fingerprint density at radius 1 is 1.26 bits per heavy atom. The average molecular weight is 572 g/mol. The van der Waals surface area contributed by atoms with Gasteiger partial charge in [0.05, 0.1) is 41.0 Å². The van der Waals surface area contributed by atoms with Gasteiger partial charge < -0.3 is 15.0 Å². The Kier molecular flexibility index (Phi) is 7.11. The van der Waals surface area contributed by atoms with E-state index in [1.807, 2.05) is 24.9 Å². The van der Waals surface area contributed by atoms with E-state index in [0.717, 1.165) is 83.8 Å². The molecule has 2 N–H and O–H groups in total. The first-order chi connectivity index (χ1) is 20.1. The number of rotatable bonds is 10. The molecule has 2 aliphatic carbocycles. The quantitative estimate of drug-likeness (QED) is 0.265. The zero-order chi connectivity index (χ0) is 29.8. The number of H-pyrrole nitrogens is 1. The molecule has 10 nitrogen and oxygen atoms in total. The number of carbonyl (C=O) groups excluding carboxylic acids is 1. The van der Waals surface area contributed by atoms with Gasteiger partial charge in [-0.1, -0.05) is 25.2 Å². The van der Waals surface area contributed by atoms with Crippen LogP contribution in [0.15, 0.2) is 35.4 Å². The number of carbonyl (C=O) groups is 1. The summed E-state index contributed by atoms with van der Waals surface area (Å²) in [7, 11) is 5.32. The lowest BCUT2D eigenvalue weighted by Crippen LogP contribution is -2.44. The molecule has 2 aliphatic rings. The van der Waals surface area contributed by atoms with Gasteiger partial charge in [0.1, 0.15) is 5.65 Å². The number of fused-ring (bicyclic) bond motifs is 3. The third-order valence-corrected chi connectivity index (χ3v) is 8.76. The number of imidazole rings is 1. The third kappa shape index (κ3) is 4.86. The number of aromatic amines is 1. The molecule has 0 spiro atoms. The number of aryl methyl sites for hydroxylation is 2. The van der Waals surface area contributed by atoms with E-state index in [4.69, 9.17) is 9.72 Å². The fourth-order valence-electron chi connectivity index (χ4n) is 6.28. The van der Waals surface area contributed by atoms with Crippen molar-refractivity contribution < 1.29 is 9.53 Å². The van der Waals surface area contributed by atoms with Gasteiger partial charge in [0.25, 0.3) is 0 Å². The summed E-state index contributed by atoms with van der Waals surface area (Å²) in [5.74, 6) is 0.831. The van der Waals surface area contributed by atoms with Crippen LogP contribution in [0.2, 0.25) is 0 Å². The van der Waals surface area contributed by atoms with Crippen molar-refractivity contribution in [2.24, 2.45) is 20.0 Å². The van der Waals surface area contributed by atoms with Crippen LogP contribution in [0.4, 0.5) is 0 Å². The lowest BCUT2D eigenvalue weighted by atomic mass is 9.93. The van der Waals surface area contributed by atoms with E-state index in [1.165, 1.54) is 0 Å². The van der Waals surface area contributed by atoms with Gasteiger partial charge in [0.15, 0.2) is 0 Å². The Bertz CT molecular complexity index is 1790. The summed E-state index contributed by atoms with van der Waals surface area (Å²) in [6.45, 7) is 6.28. The third-order valence-electron chi connectivity index (χ3n) is 8.76. The van der Waals surface area contributed by atoms with Crippen LogP contribution in [-0.2, 0) is 18.9 Å². The van der Waals surface area contributed by atoms with Crippen molar-refractivity contribution in [3.8, 4) is 17.1 Å². The number of pyridine rings is 1. The molecule has 6 rings (SSSR count). The molecule has 222 valence electrons. The van der Waals surface area contributed by atoms with Gasteiger partial charge in [0, 0.05) is 43.4 Å².